The van der Waals surface area contributed by atoms with Gasteiger partial charge in [-0.05, 0) is 92.3 Å². The van der Waals surface area contributed by atoms with Gasteiger partial charge in [-0.15, -0.1) is 0 Å². The molecule has 3 saturated carbocycles. The Morgan fingerprint density at radius 3 is 2.36 bits per heavy atom. The van der Waals surface area contributed by atoms with E-state index in [9.17, 15) is 4.79 Å². The number of carbonyl (C=O) groups excluding carboxylic acids is 1. The minimum Gasteiger partial charge on any atom is -0.366 e. The summed E-state index contributed by atoms with van der Waals surface area (Å²) in [6.07, 6.45) is 11.8. The van der Waals surface area contributed by atoms with Crippen LogP contribution >= 0.6 is 0 Å². The Kier molecular flexibility index (Phi) is 4.52. The van der Waals surface area contributed by atoms with Gasteiger partial charge in [-0.1, -0.05) is 53.2 Å². The molecule has 0 N–H and O–H groups in total. The molecule has 0 bridgehead atoms. The van der Waals surface area contributed by atoms with Crippen molar-refractivity contribution in [1.82, 2.24) is 0 Å². The molecule has 2 saturated heterocycles. The monoisotopic (exact) mass is 454 g/mol. The van der Waals surface area contributed by atoms with Crippen LogP contribution < -0.4 is 0 Å². The molecule has 6 rings (SSSR count). The van der Waals surface area contributed by atoms with Crippen LogP contribution in [0.1, 0.15) is 100 Å². The maximum atomic E-state index is 12.8. The molecule has 0 aromatic carbocycles. The van der Waals surface area contributed by atoms with E-state index in [1.807, 2.05) is 0 Å². The van der Waals surface area contributed by atoms with E-state index in [0.29, 0.717) is 47.3 Å². The van der Waals surface area contributed by atoms with Gasteiger partial charge in [0.1, 0.15) is 18.0 Å². The van der Waals surface area contributed by atoms with E-state index in [2.05, 4.69) is 61.5 Å². The van der Waals surface area contributed by atoms with Gasteiger partial charge in [-0.25, -0.2) is 0 Å². The van der Waals surface area contributed by atoms with Crippen molar-refractivity contribution in [3.63, 3.8) is 0 Å². The summed E-state index contributed by atoms with van der Waals surface area (Å²) in [5, 5.41) is 0. The van der Waals surface area contributed by atoms with Crippen molar-refractivity contribution in [2.45, 2.75) is 124 Å². The first-order chi connectivity index (χ1) is 15.3. The molecular formula is C30H46O3. The van der Waals surface area contributed by atoms with Gasteiger partial charge < -0.3 is 9.47 Å². The van der Waals surface area contributed by atoms with Gasteiger partial charge in [0.05, 0.1) is 11.7 Å². The molecule has 0 aromatic heterocycles. The topological polar surface area (TPSA) is 42.1 Å². The Morgan fingerprint density at radius 1 is 1.00 bits per heavy atom. The molecule has 2 aliphatic heterocycles. The summed E-state index contributed by atoms with van der Waals surface area (Å²) < 4.78 is 12.2. The number of rotatable bonds is 3. The molecule has 6 aliphatic rings. The van der Waals surface area contributed by atoms with E-state index in [1.165, 1.54) is 25.7 Å². The van der Waals surface area contributed by atoms with Gasteiger partial charge in [-0.3, -0.25) is 4.79 Å². The van der Waals surface area contributed by atoms with E-state index in [-0.39, 0.29) is 21.8 Å². The lowest BCUT2D eigenvalue weighted by atomic mass is 9.41. The van der Waals surface area contributed by atoms with Gasteiger partial charge in [0.25, 0.3) is 0 Å². The minimum absolute atomic E-state index is 0.0132. The smallest absolute Gasteiger partial charge is 0.138 e. The largest absolute Gasteiger partial charge is 0.366 e. The molecule has 3 nitrogen and oxygen atoms in total. The van der Waals surface area contributed by atoms with Crippen LogP contribution in [0.15, 0.2) is 11.6 Å². The number of fused-ring (bicyclic) bond motifs is 5. The average Bonchev–Trinajstić information content (AvgIpc) is 3.62. The molecule has 0 spiro atoms. The summed E-state index contributed by atoms with van der Waals surface area (Å²) in [5.74, 6) is 2.95. The van der Waals surface area contributed by atoms with Crippen molar-refractivity contribution >= 4 is 5.78 Å². The van der Waals surface area contributed by atoms with Crippen molar-refractivity contribution in [2.24, 2.45) is 45.3 Å². The Balaban J connectivity index is 1.28. The standard InChI is InChI=1S/C30H46O3/c1-17(23-24(32-23)25-27(4,5)33-25)18-11-15-30(8)20-9-10-21-26(2,3)22(31)13-14-28(21,6)19(20)12-16-29(18,30)7/h9,17-19,21,23-25H,10-16H2,1-8H3/t17-,18+,19+,21+,23-,24+,25-,28-,29+,30-/m1/s1. The van der Waals surface area contributed by atoms with Crippen molar-refractivity contribution in [1.29, 1.82) is 0 Å². The fourth-order valence-electron chi connectivity index (χ4n) is 10.2. The van der Waals surface area contributed by atoms with Crippen molar-refractivity contribution in [2.75, 3.05) is 0 Å². The molecule has 2 heterocycles. The molecule has 0 unspecified atom stereocenters. The Labute approximate surface area is 201 Å². The third-order valence-electron chi connectivity index (χ3n) is 12.7. The molecule has 0 radical (unpaired) electrons. The molecule has 0 aromatic rings. The van der Waals surface area contributed by atoms with E-state index in [0.717, 1.165) is 25.2 Å². The fraction of sp³-hybridized carbons (Fsp3) is 0.900. The SMILES string of the molecule is C[C@@H]([C@H]1O[C@@H]1[C@H]1OC1(C)C)[C@@H]1CC[C@]2(C)C3=CC[C@H]4C(C)(C)C(=O)CC[C@]4(C)[C@H]3CC[C@@]12C. The average molecular weight is 455 g/mol. The van der Waals surface area contributed by atoms with Crippen LogP contribution in [0.4, 0.5) is 0 Å². The first-order valence-electron chi connectivity index (χ1n) is 13.8. The summed E-state index contributed by atoms with van der Waals surface area (Å²) in [5.41, 5.74) is 2.51. The van der Waals surface area contributed by atoms with Crippen LogP contribution in [0.5, 0.6) is 0 Å². The van der Waals surface area contributed by atoms with Crippen molar-refractivity contribution < 1.29 is 14.3 Å². The van der Waals surface area contributed by atoms with Gasteiger partial charge in [0.2, 0.25) is 0 Å². The number of hydrogen-bond acceptors (Lipinski definition) is 3. The zero-order valence-electron chi connectivity index (χ0n) is 22.3. The number of ketones is 1. The first kappa shape index (κ1) is 22.8. The van der Waals surface area contributed by atoms with E-state index in [4.69, 9.17) is 9.47 Å². The van der Waals surface area contributed by atoms with Crippen LogP contribution in [0, 0.1) is 45.3 Å². The fourth-order valence-corrected chi connectivity index (χ4v) is 10.2. The number of Topliss-reactive ketones (excluding diaryl/α,β-unsaturated/α-hetero) is 1. The summed E-state index contributed by atoms with van der Waals surface area (Å²) >= 11 is 0. The highest BCUT2D eigenvalue weighted by molar-refractivity contribution is 5.85. The third kappa shape index (κ3) is 2.79. The molecule has 3 heteroatoms. The maximum absolute atomic E-state index is 12.8. The first-order valence-corrected chi connectivity index (χ1v) is 13.8. The number of allylic oxidation sites excluding steroid dienone is 2. The molecule has 10 atom stereocenters. The number of ether oxygens (including phenoxy) is 2. The Bertz CT molecular complexity index is 916. The predicted molar refractivity (Wildman–Crippen MR) is 131 cm³/mol. The highest BCUT2D eigenvalue weighted by Crippen LogP contribution is 2.73. The van der Waals surface area contributed by atoms with Crippen LogP contribution in [-0.2, 0) is 14.3 Å². The highest BCUT2D eigenvalue weighted by Gasteiger charge is 2.69. The second-order valence-electron chi connectivity index (χ2n) is 14.7. The lowest BCUT2D eigenvalue weighted by Gasteiger charge is -2.63. The minimum atomic E-state index is -0.180. The van der Waals surface area contributed by atoms with Crippen LogP contribution in [0.3, 0.4) is 0 Å². The van der Waals surface area contributed by atoms with Crippen LogP contribution in [0.2, 0.25) is 0 Å². The number of epoxide rings is 2. The van der Waals surface area contributed by atoms with Gasteiger partial charge in [-0.2, -0.15) is 0 Å². The van der Waals surface area contributed by atoms with Crippen LogP contribution in [0.25, 0.3) is 0 Å². The molecule has 4 aliphatic carbocycles. The Hall–Kier alpha value is -0.670. The lowest BCUT2D eigenvalue weighted by Crippen LogP contribution is -2.57. The summed E-state index contributed by atoms with van der Waals surface area (Å²) in [7, 11) is 0. The Morgan fingerprint density at radius 2 is 1.70 bits per heavy atom. The summed E-state index contributed by atoms with van der Waals surface area (Å²) in [6, 6.07) is 0. The van der Waals surface area contributed by atoms with E-state index < -0.39 is 0 Å². The van der Waals surface area contributed by atoms with E-state index >= 15 is 0 Å². The second-order valence-corrected chi connectivity index (χ2v) is 14.7. The van der Waals surface area contributed by atoms with E-state index in [1.54, 1.807) is 5.57 Å². The second kappa shape index (κ2) is 6.55. The van der Waals surface area contributed by atoms with Gasteiger partial charge in [0.15, 0.2) is 0 Å². The molecule has 33 heavy (non-hydrogen) atoms. The van der Waals surface area contributed by atoms with Crippen molar-refractivity contribution in [3.05, 3.63) is 11.6 Å². The van der Waals surface area contributed by atoms with Gasteiger partial charge in [0, 0.05) is 11.8 Å². The maximum Gasteiger partial charge on any atom is 0.138 e. The molecule has 0 amide bonds. The molecule has 5 fully saturated rings. The lowest BCUT2D eigenvalue weighted by molar-refractivity contribution is -0.146. The van der Waals surface area contributed by atoms with Crippen molar-refractivity contribution in [3.8, 4) is 0 Å². The zero-order valence-corrected chi connectivity index (χ0v) is 22.3. The zero-order chi connectivity index (χ0) is 23.8. The number of hydrogen-bond donors (Lipinski definition) is 0. The number of carbonyl (C=O) groups is 1. The summed E-state index contributed by atoms with van der Waals surface area (Å²) in [4.78, 5) is 12.8. The normalized spacial score (nSPS) is 54.5. The highest BCUT2D eigenvalue weighted by atomic mass is 16.7. The quantitative estimate of drug-likeness (QED) is 0.350. The predicted octanol–water partition coefficient (Wildman–Crippen LogP) is 6.74. The van der Waals surface area contributed by atoms with Gasteiger partial charge >= 0.3 is 0 Å². The third-order valence-corrected chi connectivity index (χ3v) is 12.7. The summed E-state index contributed by atoms with van der Waals surface area (Å²) in [6.45, 7) is 19.1. The van der Waals surface area contributed by atoms with Crippen LogP contribution in [-0.4, -0.2) is 29.7 Å². The molecule has 184 valence electrons. The molecular weight excluding hydrogens is 408 g/mol.